The smallest absolute Gasteiger partial charge is 0.213 e. The second-order valence-electron chi connectivity index (χ2n) is 9.71. The van der Waals surface area contributed by atoms with E-state index >= 15 is 0 Å². The van der Waals surface area contributed by atoms with Gasteiger partial charge in [0.05, 0.1) is 48.8 Å². The average molecular weight is 614 g/mol. The van der Waals surface area contributed by atoms with Crippen LogP contribution in [-0.2, 0) is 9.47 Å². The summed E-state index contributed by atoms with van der Waals surface area (Å²) in [7, 11) is 0. The summed E-state index contributed by atoms with van der Waals surface area (Å²) in [5, 5.41) is 6.71. The molecule has 0 spiro atoms. The highest BCUT2D eigenvalue weighted by Crippen LogP contribution is 2.33. The summed E-state index contributed by atoms with van der Waals surface area (Å²) in [6.45, 7) is 6.42. The van der Waals surface area contributed by atoms with Crippen LogP contribution in [0.3, 0.4) is 0 Å². The lowest BCUT2D eigenvalue weighted by atomic mass is 10.1. The SMILES string of the molecule is C/C=C/C(=N\C=C(/C)N(CN)/N=C\CC(=O)c1cc2cc(N3CCOCC3)c(NSC)cc2[nH]1)OC1C(F)=CC=CC1F. The highest BCUT2D eigenvalue weighted by atomic mass is 32.2. The standard InChI is InChI=1S/C30H37F2N7O3S/c1-4-6-29(42-30-22(31)7-5-8-23(30)32)34-18-20(2)39(19-33)35-10-9-28(40)26-15-21-16-27(38-11-13-41-14-12-38)25(37-43-3)17-24(21)36-26/h4-8,10,15-18,22,30,36-37H,9,11-14,19,33H2,1-3H3/b6-4+,20-18+,34-29+,35-10-. The molecule has 10 nitrogen and oxygen atoms in total. The van der Waals surface area contributed by atoms with Gasteiger partial charge in [-0.25, -0.2) is 13.8 Å². The molecule has 1 aromatic heterocycles. The molecule has 1 aliphatic carbocycles. The van der Waals surface area contributed by atoms with Gasteiger partial charge >= 0.3 is 0 Å². The van der Waals surface area contributed by atoms with Gasteiger partial charge in [0.2, 0.25) is 5.90 Å². The van der Waals surface area contributed by atoms with Crippen LogP contribution in [0, 0.1) is 0 Å². The van der Waals surface area contributed by atoms with Gasteiger partial charge in [-0.1, -0.05) is 24.1 Å². The predicted octanol–water partition coefficient (Wildman–Crippen LogP) is 5.45. The van der Waals surface area contributed by atoms with Gasteiger partial charge in [0.15, 0.2) is 18.1 Å². The van der Waals surface area contributed by atoms with Crippen LogP contribution in [0.2, 0.25) is 0 Å². The summed E-state index contributed by atoms with van der Waals surface area (Å²) in [5.41, 5.74) is 9.77. The summed E-state index contributed by atoms with van der Waals surface area (Å²) in [4.78, 5) is 22.8. The number of nitrogens with two attached hydrogens (primary N) is 1. The van der Waals surface area contributed by atoms with E-state index in [0.29, 0.717) is 24.6 Å². The number of ether oxygens (including phenoxy) is 2. The van der Waals surface area contributed by atoms with E-state index in [1.165, 1.54) is 47.6 Å². The first-order chi connectivity index (χ1) is 20.8. The zero-order valence-corrected chi connectivity index (χ0v) is 25.2. The number of anilines is 2. The average Bonchev–Trinajstić information content (AvgIpc) is 3.43. The minimum absolute atomic E-state index is 0.0155. The first kappa shape index (κ1) is 32.0. The summed E-state index contributed by atoms with van der Waals surface area (Å²) in [6, 6.07) is 5.95. The molecule has 4 N–H and O–H groups in total. The van der Waals surface area contributed by atoms with Crippen molar-refractivity contribution in [2.75, 3.05) is 48.8 Å². The van der Waals surface area contributed by atoms with Crippen LogP contribution in [0.5, 0.6) is 0 Å². The number of hydrogen-bond donors (Lipinski definition) is 3. The third-order valence-corrected chi connectivity index (χ3v) is 7.15. The largest absolute Gasteiger partial charge is 0.463 e. The van der Waals surface area contributed by atoms with Crippen LogP contribution in [0.1, 0.15) is 30.8 Å². The molecule has 1 saturated heterocycles. The van der Waals surface area contributed by atoms with Crippen LogP contribution < -0.4 is 15.4 Å². The number of H-pyrrole nitrogens is 1. The first-order valence-corrected chi connectivity index (χ1v) is 15.1. The Morgan fingerprint density at radius 3 is 2.84 bits per heavy atom. The molecule has 230 valence electrons. The van der Waals surface area contributed by atoms with Gasteiger partial charge in [-0.2, -0.15) is 5.10 Å². The maximum absolute atomic E-state index is 14.1. The van der Waals surface area contributed by atoms with E-state index in [4.69, 9.17) is 15.2 Å². The number of allylic oxidation sites excluding steroid dienone is 4. The maximum Gasteiger partial charge on any atom is 0.213 e. The number of nitrogens with one attached hydrogen (secondary N) is 2. The zero-order valence-electron chi connectivity index (χ0n) is 24.4. The monoisotopic (exact) mass is 613 g/mol. The fourth-order valence-electron chi connectivity index (χ4n) is 4.52. The number of carbonyl (C=O) groups is 1. The molecule has 1 aromatic carbocycles. The van der Waals surface area contributed by atoms with Gasteiger partial charge in [-0.3, -0.25) is 9.80 Å². The van der Waals surface area contributed by atoms with E-state index in [2.05, 4.69) is 30.8 Å². The number of aromatic nitrogens is 1. The number of alkyl halides is 1. The number of nitrogens with zero attached hydrogens (tertiary/aromatic N) is 4. The highest BCUT2D eigenvalue weighted by Gasteiger charge is 2.28. The van der Waals surface area contributed by atoms with E-state index < -0.39 is 18.1 Å². The van der Waals surface area contributed by atoms with E-state index in [1.807, 2.05) is 18.4 Å². The molecule has 1 aliphatic heterocycles. The van der Waals surface area contributed by atoms with Gasteiger partial charge in [0.25, 0.3) is 0 Å². The molecule has 1 fully saturated rings. The summed E-state index contributed by atoms with van der Waals surface area (Å²) in [5.74, 6) is -0.837. The van der Waals surface area contributed by atoms with E-state index in [9.17, 15) is 13.6 Å². The number of benzene rings is 1. The Hall–Kier alpha value is -3.94. The lowest BCUT2D eigenvalue weighted by molar-refractivity contribution is 0.0997. The van der Waals surface area contributed by atoms with Crippen molar-refractivity contribution < 1.29 is 23.0 Å². The van der Waals surface area contributed by atoms with Crippen molar-refractivity contribution in [1.29, 1.82) is 0 Å². The molecule has 0 amide bonds. The number of morpholine rings is 1. The number of aromatic amines is 1. The van der Waals surface area contributed by atoms with Gasteiger partial charge in [0.1, 0.15) is 5.83 Å². The third kappa shape index (κ3) is 8.33. The lowest BCUT2D eigenvalue weighted by Gasteiger charge is -2.30. The van der Waals surface area contributed by atoms with Gasteiger partial charge in [-0.05, 0) is 50.3 Å². The maximum atomic E-state index is 14.1. The van der Waals surface area contributed by atoms with Crippen LogP contribution in [0.4, 0.5) is 20.2 Å². The van der Waals surface area contributed by atoms with Crippen LogP contribution >= 0.6 is 11.9 Å². The molecule has 4 rings (SSSR count). The van der Waals surface area contributed by atoms with Crippen molar-refractivity contribution in [2.24, 2.45) is 15.8 Å². The second-order valence-corrected chi connectivity index (χ2v) is 10.3. The molecular formula is C30H37F2N7O3S. The Morgan fingerprint density at radius 2 is 2.14 bits per heavy atom. The molecular weight excluding hydrogens is 576 g/mol. The van der Waals surface area contributed by atoms with E-state index in [0.717, 1.165) is 41.4 Å². The van der Waals surface area contributed by atoms with Crippen molar-refractivity contribution in [2.45, 2.75) is 32.5 Å². The van der Waals surface area contributed by atoms with Crippen LogP contribution in [0.25, 0.3) is 10.9 Å². The van der Waals surface area contributed by atoms with E-state index in [1.54, 1.807) is 19.9 Å². The van der Waals surface area contributed by atoms with Crippen LogP contribution in [0.15, 0.2) is 76.4 Å². The number of hydrazone groups is 1. The molecule has 2 atom stereocenters. The molecule has 0 radical (unpaired) electrons. The molecule has 0 saturated carbocycles. The predicted molar refractivity (Wildman–Crippen MR) is 171 cm³/mol. The number of halogens is 2. The van der Waals surface area contributed by atoms with Gasteiger partial charge < -0.3 is 29.8 Å². The number of ketones is 1. The lowest BCUT2D eigenvalue weighted by Crippen LogP contribution is -2.36. The number of rotatable bonds is 12. The van der Waals surface area contributed by atoms with Gasteiger partial charge in [-0.15, -0.1) is 0 Å². The quantitative estimate of drug-likeness (QED) is 0.0722. The summed E-state index contributed by atoms with van der Waals surface area (Å²) < 4.78 is 42.5. The minimum atomic E-state index is -1.63. The molecule has 2 aliphatic rings. The number of carbonyl (C=O) groups excluding carboxylic acids is 1. The fraction of sp³-hybridized carbons (Fsp3) is 0.367. The second kappa shape index (κ2) is 15.5. The molecule has 2 unspecified atom stereocenters. The number of hydrogen-bond acceptors (Lipinski definition) is 10. The molecule has 0 bridgehead atoms. The molecule has 43 heavy (non-hydrogen) atoms. The van der Waals surface area contributed by atoms with Crippen molar-refractivity contribution >= 4 is 52.1 Å². The Labute approximate surface area is 254 Å². The number of aliphatic imine (C=N–C) groups is 1. The van der Waals surface area contributed by atoms with Crippen molar-refractivity contribution in [3.8, 4) is 0 Å². The van der Waals surface area contributed by atoms with Gasteiger partial charge in [0, 0.05) is 42.9 Å². The van der Waals surface area contributed by atoms with Crippen molar-refractivity contribution in [3.05, 3.63) is 72.0 Å². The third-order valence-electron chi connectivity index (χ3n) is 6.73. The Balaban J connectivity index is 1.43. The molecule has 13 heteroatoms. The van der Waals surface area contributed by atoms with Crippen LogP contribution in [-0.4, -0.2) is 79.4 Å². The minimum Gasteiger partial charge on any atom is -0.463 e. The normalized spacial score (nSPS) is 19.9. The zero-order chi connectivity index (χ0) is 30.8. The summed E-state index contributed by atoms with van der Waals surface area (Å²) in [6.07, 6.45) is 8.69. The first-order valence-electron chi connectivity index (χ1n) is 13.9. The Kier molecular flexibility index (Phi) is 11.5. The van der Waals surface area contributed by atoms with Crippen molar-refractivity contribution in [3.63, 3.8) is 0 Å². The highest BCUT2D eigenvalue weighted by molar-refractivity contribution is 7.99. The number of Topliss-reactive ketones (excluding diaryl/α,β-unsaturated/α-hetero) is 1. The fourth-order valence-corrected chi connectivity index (χ4v) is 4.91. The topological polar surface area (TPSA) is 121 Å². The Morgan fingerprint density at radius 1 is 1.35 bits per heavy atom. The van der Waals surface area contributed by atoms with E-state index in [-0.39, 0.29) is 24.8 Å². The summed E-state index contributed by atoms with van der Waals surface area (Å²) >= 11 is 1.51. The van der Waals surface area contributed by atoms with Crippen molar-refractivity contribution in [1.82, 2.24) is 9.99 Å². The molecule has 2 aromatic rings. The molecule has 2 heterocycles. The number of fused-ring (bicyclic) bond motifs is 1. The Bertz CT molecular complexity index is 1460.